The quantitative estimate of drug-likeness (QED) is 0.853. The molecule has 1 amide bonds. The lowest BCUT2D eigenvalue weighted by Crippen LogP contribution is -2.28. The highest BCUT2D eigenvalue weighted by Crippen LogP contribution is 2.15. The number of benzene rings is 2. The molecule has 0 fully saturated rings. The molecular formula is C18H20BrNO. The van der Waals surface area contributed by atoms with Crippen LogP contribution in [0.1, 0.15) is 36.6 Å². The van der Waals surface area contributed by atoms with Crippen LogP contribution in [0.15, 0.2) is 53.0 Å². The topological polar surface area (TPSA) is 29.1 Å². The van der Waals surface area contributed by atoms with Crippen molar-refractivity contribution >= 4 is 21.8 Å². The number of halogens is 1. The van der Waals surface area contributed by atoms with Crippen LogP contribution < -0.4 is 5.32 Å². The first kappa shape index (κ1) is 15.8. The van der Waals surface area contributed by atoms with E-state index in [2.05, 4.69) is 52.4 Å². The molecule has 1 atom stereocenters. The Morgan fingerprint density at radius 3 is 2.19 bits per heavy atom. The van der Waals surface area contributed by atoms with Crippen molar-refractivity contribution in [2.75, 3.05) is 0 Å². The summed E-state index contributed by atoms with van der Waals surface area (Å²) in [4.78, 5) is 12.1. The van der Waals surface area contributed by atoms with Gasteiger partial charge in [0.2, 0.25) is 5.91 Å². The van der Waals surface area contributed by atoms with Gasteiger partial charge >= 0.3 is 0 Å². The maximum atomic E-state index is 12.1. The van der Waals surface area contributed by atoms with Gasteiger partial charge in [-0.15, -0.1) is 0 Å². The maximum Gasteiger partial charge on any atom is 0.224 e. The summed E-state index contributed by atoms with van der Waals surface area (Å²) in [6, 6.07) is 16.3. The number of carbonyl (C=O) groups excluding carboxylic acids is 1. The second kappa shape index (κ2) is 7.41. The van der Waals surface area contributed by atoms with E-state index in [1.807, 2.05) is 31.2 Å². The zero-order valence-electron chi connectivity index (χ0n) is 12.4. The van der Waals surface area contributed by atoms with Gasteiger partial charge < -0.3 is 5.32 Å². The van der Waals surface area contributed by atoms with Crippen LogP contribution in [0.3, 0.4) is 0 Å². The summed E-state index contributed by atoms with van der Waals surface area (Å²) in [5, 5.41) is 3.05. The summed E-state index contributed by atoms with van der Waals surface area (Å²) in [6.07, 6.45) is 1.44. The molecule has 1 unspecified atom stereocenters. The molecule has 1 N–H and O–H groups in total. The van der Waals surface area contributed by atoms with Crippen LogP contribution in [0.5, 0.6) is 0 Å². The molecule has 0 aliphatic heterocycles. The molecule has 0 saturated carbocycles. The van der Waals surface area contributed by atoms with Crippen LogP contribution in [-0.2, 0) is 17.6 Å². The molecule has 0 saturated heterocycles. The van der Waals surface area contributed by atoms with E-state index in [9.17, 15) is 4.79 Å². The molecule has 0 bridgehead atoms. The SMILES string of the molecule is CCc1ccc(C(C)NC(=O)Cc2ccc(Br)cc2)cc1. The number of amides is 1. The predicted molar refractivity (Wildman–Crippen MR) is 90.2 cm³/mol. The van der Waals surface area contributed by atoms with Crippen LogP contribution >= 0.6 is 15.9 Å². The average Bonchev–Trinajstić information content (AvgIpc) is 2.49. The van der Waals surface area contributed by atoms with Gasteiger partial charge in [0.25, 0.3) is 0 Å². The summed E-state index contributed by atoms with van der Waals surface area (Å²) < 4.78 is 1.02. The Hall–Kier alpha value is -1.61. The Kier molecular flexibility index (Phi) is 5.57. The van der Waals surface area contributed by atoms with Gasteiger partial charge in [0.15, 0.2) is 0 Å². The van der Waals surface area contributed by atoms with Crippen molar-refractivity contribution in [2.24, 2.45) is 0 Å². The number of rotatable bonds is 5. The highest BCUT2D eigenvalue weighted by atomic mass is 79.9. The van der Waals surface area contributed by atoms with Crippen molar-refractivity contribution < 1.29 is 4.79 Å². The second-order valence-electron chi connectivity index (χ2n) is 5.19. The normalized spacial score (nSPS) is 12.0. The third-order valence-corrected chi connectivity index (χ3v) is 4.07. The minimum atomic E-state index is 0.0267. The van der Waals surface area contributed by atoms with E-state index >= 15 is 0 Å². The van der Waals surface area contributed by atoms with E-state index in [-0.39, 0.29) is 11.9 Å². The lowest BCUT2D eigenvalue weighted by Gasteiger charge is -2.15. The van der Waals surface area contributed by atoms with Crippen molar-refractivity contribution in [3.63, 3.8) is 0 Å². The minimum Gasteiger partial charge on any atom is -0.349 e. The molecule has 21 heavy (non-hydrogen) atoms. The van der Waals surface area contributed by atoms with Gasteiger partial charge in [-0.3, -0.25) is 4.79 Å². The monoisotopic (exact) mass is 345 g/mol. The fourth-order valence-corrected chi connectivity index (χ4v) is 2.47. The number of aryl methyl sites for hydroxylation is 1. The van der Waals surface area contributed by atoms with Crippen LogP contribution in [-0.4, -0.2) is 5.91 Å². The highest BCUT2D eigenvalue weighted by Gasteiger charge is 2.10. The third-order valence-electron chi connectivity index (χ3n) is 3.54. The molecule has 0 heterocycles. The van der Waals surface area contributed by atoms with Crippen molar-refractivity contribution in [1.82, 2.24) is 5.32 Å². The van der Waals surface area contributed by atoms with Crippen LogP contribution in [0.2, 0.25) is 0 Å². The predicted octanol–water partition coefficient (Wildman–Crippen LogP) is 4.43. The first-order valence-corrected chi connectivity index (χ1v) is 8.00. The molecule has 0 spiro atoms. The number of nitrogens with one attached hydrogen (secondary N) is 1. The third kappa shape index (κ3) is 4.71. The van der Waals surface area contributed by atoms with Crippen LogP contribution in [0.4, 0.5) is 0 Å². The summed E-state index contributed by atoms with van der Waals surface area (Å²) in [5.41, 5.74) is 3.47. The lowest BCUT2D eigenvalue weighted by molar-refractivity contribution is -0.121. The molecule has 3 heteroatoms. The molecule has 0 radical (unpaired) electrons. The number of hydrogen-bond acceptors (Lipinski definition) is 1. The molecule has 2 rings (SSSR count). The Morgan fingerprint density at radius 1 is 1.05 bits per heavy atom. The zero-order valence-corrected chi connectivity index (χ0v) is 14.0. The van der Waals surface area contributed by atoms with Gasteiger partial charge in [-0.2, -0.15) is 0 Å². The van der Waals surface area contributed by atoms with Gasteiger partial charge in [0, 0.05) is 4.47 Å². The molecule has 2 aromatic rings. The first-order chi connectivity index (χ1) is 10.1. The Morgan fingerprint density at radius 2 is 1.62 bits per heavy atom. The Bertz CT molecular complexity index is 590. The summed E-state index contributed by atoms with van der Waals surface area (Å²) in [5.74, 6) is 0.0457. The van der Waals surface area contributed by atoms with E-state index < -0.39 is 0 Å². The number of hydrogen-bond donors (Lipinski definition) is 1. The molecule has 0 aromatic heterocycles. The Balaban J connectivity index is 1.93. The largest absolute Gasteiger partial charge is 0.349 e. The second-order valence-corrected chi connectivity index (χ2v) is 6.10. The van der Waals surface area contributed by atoms with E-state index in [1.165, 1.54) is 5.56 Å². The maximum absolute atomic E-state index is 12.1. The average molecular weight is 346 g/mol. The summed E-state index contributed by atoms with van der Waals surface area (Å²) in [6.45, 7) is 4.15. The minimum absolute atomic E-state index is 0.0267. The summed E-state index contributed by atoms with van der Waals surface area (Å²) >= 11 is 3.39. The molecular weight excluding hydrogens is 326 g/mol. The van der Waals surface area contributed by atoms with E-state index in [4.69, 9.17) is 0 Å². The number of carbonyl (C=O) groups is 1. The zero-order chi connectivity index (χ0) is 15.2. The van der Waals surface area contributed by atoms with Crippen molar-refractivity contribution in [3.05, 3.63) is 69.7 Å². The fourth-order valence-electron chi connectivity index (χ4n) is 2.21. The van der Waals surface area contributed by atoms with Gasteiger partial charge in [0.05, 0.1) is 12.5 Å². The standard InChI is InChI=1S/C18H20BrNO/c1-3-14-4-8-16(9-5-14)13(2)20-18(21)12-15-6-10-17(19)11-7-15/h4-11,13H,3,12H2,1-2H3,(H,20,21). The van der Waals surface area contributed by atoms with Crippen molar-refractivity contribution in [2.45, 2.75) is 32.7 Å². The van der Waals surface area contributed by atoms with Crippen molar-refractivity contribution in [3.8, 4) is 0 Å². The fraction of sp³-hybridized carbons (Fsp3) is 0.278. The van der Waals surface area contributed by atoms with Gasteiger partial charge in [-0.25, -0.2) is 0 Å². The van der Waals surface area contributed by atoms with Crippen LogP contribution in [0, 0.1) is 0 Å². The summed E-state index contributed by atoms with van der Waals surface area (Å²) in [7, 11) is 0. The molecule has 0 aliphatic carbocycles. The van der Waals surface area contributed by atoms with Gasteiger partial charge in [-0.05, 0) is 42.2 Å². The van der Waals surface area contributed by atoms with Gasteiger partial charge in [0.1, 0.15) is 0 Å². The first-order valence-electron chi connectivity index (χ1n) is 7.21. The molecule has 2 aromatic carbocycles. The van der Waals surface area contributed by atoms with E-state index in [0.717, 1.165) is 22.0 Å². The van der Waals surface area contributed by atoms with Crippen molar-refractivity contribution in [1.29, 1.82) is 0 Å². The Labute approximate surface area is 134 Å². The van der Waals surface area contributed by atoms with Gasteiger partial charge in [-0.1, -0.05) is 59.3 Å². The van der Waals surface area contributed by atoms with Crippen LogP contribution in [0.25, 0.3) is 0 Å². The molecule has 2 nitrogen and oxygen atoms in total. The van der Waals surface area contributed by atoms with E-state index in [0.29, 0.717) is 6.42 Å². The lowest BCUT2D eigenvalue weighted by atomic mass is 10.0. The van der Waals surface area contributed by atoms with E-state index in [1.54, 1.807) is 0 Å². The molecule has 110 valence electrons. The molecule has 0 aliphatic rings. The highest BCUT2D eigenvalue weighted by molar-refractivity contribution is 9.10. The smallest absolute Gasteiger partial charge is 0.224 e.